The zero-order valence-corrected chi connectivity index (χ0v) is 18.3. The second-order valence-corrected chi connectivity index (χ2v) is 7.37. The summed E-state index contributed by atoms with van der Waals surface area (Å²) in [4.78, 5) is 21.6. The van der Waals surface area contributed by atoms with E-state index < -0.39 is 0 Å². The molecule has 0 aliphatic heterocycles. The molecule has 0 fully saturated rings. The monoisotopic (exact) mass is 451 g/mol. The molecule has 1 heterocycles. The van der Waals surface area contributed by atoms with Crippen LogP contribution in [0.5, 0.6) is 17.2 Å². The molecule has 0 aliphatic rings. The van der Waals surface area contributed by atoms with Crippen molar-refractivity contribution in [2.75, 3.05) is 12.4 Å². The number of nitrogens with one attached hydrogen (secondary N) is 1. The molecule has 7 heteroatoms. The molecule has 4 rings (SSSR count). The minimum Gasteiger partial charge on any atom is -0.508 e. The molecule has 3 N–H and O–H groups in total. The van der Waals surface area contributed by atoms with Gasteiger partial charge in [-0.2, -0.15) is 0 Å². The van der Waals surface area contributed by atoms with Crippen LogP contribution in [0, 0.1) is 11.8 Å². The van der Waals surface area contributed by atoms with Crippen molar-refractivity contribution < 1.29 is 19.7 Å². The van der Waals surface area contributed by atoms with E-state index in [0.717, 1.165) is 22.4 Å². The van der Waals surface area contributed by atoms with E-state index in [1.54, 1.807) is 49.7 Å². The van der Waals surface area contributed by atoms with Crippen LogP contribution in [0.15, 0.2) is 79.0 Å². The largest absolute Gasteiger partial charge is 0.508 e. The highest BCUT2D eigenvalue weighted by Crippen LogP contribution is 2.22. The minimum atomic E-state index is -0.287. The first-order valence-electron chi connectivity index (χ1n) is 10.4. The van der Waals surface area contributed by atoms with Crippen molar-refractivity contribution in [1.82, 2.24) is 9.97 Å². The Morgan fingerprint density at radius 2 is 1.56 bits per heavy atom. The van der Waals surface area contributed by atoms with Crippen LogP contribution in [0.25, 0.3) is 11.3 Å². The molecule has 7 nitrogen and oxygen atoms in total. The molecule has 34 heavy (non-hydrogen) atoms. The number of rotatable bonds is 5. The van der Waals surface area contributed by atoms with Crippen molar-refractivity contribution in [3.63, 3.8) is 0 Å². The lowest BCUT2D eigenvalue weighted by molar-refractivity contribution is -0.115. The predicted molar refractivity (Wildman–Crippen MR) is 129 cm³/mol. The molecule has 0 saturated carbocycles. The van der Waals surface area contributed by atoms with E-state index in [0.29, 0.717) is 11.4 Å². The van der Waals surface area contributed by atoms with Gasteiger partial charge < -0.3 is 20.3 Å². The molecule has 0 bridgehead atoms. The highest BCUT2D eigenvalue weighted by atomic mass is 16.5. The van der Waals surface area contributed by atoms with Gasteiger partial charge in [-0.15, -0.1) is 0 Å². The summed E-state index contributed by atoms with van der Waals surface area (Å²) in [6.45, 7) is 0. The van der Waals surface area contributed by atoms with E-state index in [2.05, 4.69) is 27.1 Å². The fourth-order valence-electron chi connectivity index (χ4n) is 3.12. The third-order valence-electron chi connectivity index (χ3n) is 4.91. The first-order valence-corrected chi connectivity index (χ1v) is 10.4. The molecular formula is C27H21N3O4. The summed E-state index contributed by atoms with van der Waals surface area (Å²) in [5, 5.41) is 21.8. The van der Waals surface area contributed by atoms with Crippen LogP contribution < -0.4 is 10.1 Å². The second-order valence-electron chi connectivity index (χ2n) is 7.37. The SMILES string of the molecule is COc1ccc(C#Cc2nc(-c3ccc(O)cc3)cnc2NC(=O)Cc2ccc(O)cc2)cc1. The first kappa shape index (κ1) is 22.4. The second kappa shape index (κ2) is 10.2. The number of phenols is 2. The molecule has 1 amide bonds. The molecule has 0 spiro atoms. The van der Waals surface area contributed by atoms with Gasteiger partial charge in [0.15, 0.2) is 11.5 Å². The van der Waals surface area contributed by atoms with Gasteiger partial charge in [0.1, 0.15) is 17.2 Å². The molecule has 0 unspecified atom stereocenters. The van der Waals surface area contributed by atoms with Crippen LogP contribution in [0.3, 0.4) is 0 Å². The number of benzene rings is 3. The summed E-state index contributed by atoms with van der Waals surface area (Å²) >= 11 is 0. The molecule has 0 atom stereocenters. The van der Waals surface area contributed by atoms with Gasteiger partial charge in [0, 0.05) is 11.1 Å². The smallest absolute Gasteiger partial charge is 0.230 e. The fraction of sp³-hybridized carbons (Fsp3) is 0.0741. The van der Waals surface area contributed by atoms with Gasteiger partial charge in [-0.3, -0.25) is 4.79 Å². The molecule has 0 radical (unpaired) electrons. The zero-order chi connectivity index (χ0) is 23.9. The van der Waals surface area contributed by atoms with E-state index in [1.807, 2.05) is 24.3 Å². The fourth-order valence-corrected chi connectivity index (χ4v) is 3.12. The van der Waals surface area contributed by atoms with Crippen molar-refractivity contribution in [2.24, 2.45) is 0 Å². The number of carbonyl (C=O) groups is 1. The average molecular weight is 451 g/mol. The molecule has 1 aromatic heterocycles. The van der Waals surface area contributed by atoms with Crippen LogP contribution >= 0.6 is 0 Å². The number of anilines is 1. The van der Waals surface area contributed by atoms with E-state index in [1.165, 1.54) is 12.1 Å². The minimum absolute atomic E-state index is 0.104. The molecular weight excluding hydrogens is 430 g/mol. The highest BCUT2D eigenvalue weighted by Gasteiger charge is 2.12. The van der Waals surface area contributed by atoms with E-state index in [-0.39, 0.29) is 29.6 Å². The molecule has 3 aromatic carbocycles. The maximum Gasteiger partial charge on any atom is 0.230 e. The number of aromatic nitrogens is 2. The molecule has 0 saturated heterocycles. The van der Waals surface area contributed by atoms with Crippen LogP contribution in [0.4, 0.5) is 5.82 Å². The van der Waals surface area contributed by atoms with Crippen molar-refractivity contribution in [3.8, 4) is 40.3 Å². The summed E-state index contributed by atoms with van der Waals surface area (Å²) in [5.41, 5.74) is 3.10. The Morgan fingerprint density at radius 3 is 2.21 bits per heavy atom. The third kappa shape index (κ3) is 5.69. The Morgan fingerprint density at radius 1 is 0.912 bits per heavy atom. The normalized spacial score (nSPS) is 10.1. The predicted octanol–water partition coefficient (Wildman–Crippen LogP) is 4.14. The van der Waals surface area contributed by atoms with E-state index >= 15 is 0 Å². The lowest BCUT2D eigenvalue weighted by Crippen LogP contribution is -2.17. The average Bonchev–Trinajstić information content (AvgIpc) is 2.85. The van der Waals surface area contributed by atoms with Gasteiger partial charge in [0.2, 0.25) is 5.91 Å². The van der Waals surface area contributed by atoms with E-state index in [9.17, 15) is 15.0 Å². The maximum atomic E-state index is 12.6. The van der Waals surface area contributed by atoms with Gasteiger partial charge in [-0.25, -0.2) is 9.97 Å². The third-order valence-corrected chi connectivity index (χ3v) is 4.91. The first-order chi connectivity index (χ1) is 16.5. The lowest BCUT2D eigenvalue weighted by Gasteiger charge is -2.09. The molecule has 168 valence electrons. The number of aromatic hydroxyl groups is 2. The number of nitrogens with zero attached hydrogens (tertiary/aromatic N) is 2. The van der Waals surface area contributed by atoms with Crippen LogP contribution in [-0.4, -0.2) is 33.2 Å². The number of hydrogen-bond acceptors (Lipinski definition) is 6. The van der Waals surface area contributed by atoms with Crippen molar-refractivity contribution >= 4 is 11.7 Å². The summed E-state index contributed by atoms with van der Waals surface area (Å²) < 4.78 is 5.17. The number of ether oxygens (including phenoxy) is 1. The van der Waals surface area contributed by atoms with E-state index in [4.69, 9.17) is 4.74 Å². The summed E-state index contributed by atoms with van der Waals surface area (Å²) in [6.07, 6.45) is 1.65. The number of phenolic OH excluding ortho intramolecular Hbond substituents is 2. The Labute approximate surface area is 196 Å². The zero-order valence-electron chi connectivity index (χ0n) is 18.3. The Bertz CT molecular complexity index is 1350. The van der Waals surface area contributed by atoms with Gasteiger partial charge in [-0.05, 0) is 72.1 Å². The van der Waals surface area contributed by atoms with Gasteiger partial charge in [-0.1, -0.05) is 18.1 Å². The number of carbonyl (C=O) groups excluding carboxylic acids is 1. The lowest BCUT2D eigenvalue weighted by atomic mass is 10.1. The van der Waals surface area contributed by atoms with Gasteiger partial charge >= 0.3 is 0 Å². The Balaban J connectivity index is 1.64. The van der Waals surface area contributed by atoms with Crippen LogP contribution in [-0.2, 0) is 11.2 Å². The van der Waals surface area contributed by atoms with Gasteiger partial charge in [0.05, 0.1) is 25.4 Å². The standard InChI is InChI=1S/C27H21N3O4/c1-34-23-13-4-18(5-14-23)6-15-24-27(30-26(33)16-19-2-9-21(31)10-3-19)28-17-25(29-24)20-7-11-22(32)12-8-20/h2-5,7-14,17,31-32H,16H2,1H3,(H,28,30,33). The number of amides is 1. The Kier molecular flexibility index (Phi) is 6.70. The summed E-state index contributed by atoms with van der Waals surface area (Å²) in [5.74, 6) is 7.01. The topological polar surface area (TPSA) is 105 Å². The van der Waals surface area contributed by atoms with Crippen LogP contribution in [0.2, 0.25) is 0 Å². The maximum absolute atomic E-state index is 12.6. The summed E-state index contributed by atoms with van der Waals surface area (Å²) in [7, 11) is 1.60. The highest BCUT2D eigenvalue weighted by molar-refractivity contribution is 5.92. The number of methoxy groups -OCH3 is 1. The van der Waals surface area contributed by atoms with Crippen molar-refractivity contribution in [3.05, 3.63) is 95.8 Å². The molecule has 4 aromatic rings. The van der Waals surface area contributed by atoms with Gasteiger partial charge in [0.25, 0.3) is 0 Å². The Hall–Kier alpha value is -4.83. The number of hydrogen-bond donors (Lipinski definition) is 3. The van der Waals surface area contributed by atoms with Crippen LogP contribution in [0.1, 0.15) is 16.8 Å². The van der Waals surface area contributed by atoms with Crippen molar-refractivity contribution in [2.45, 2.75) is 6.42 Å². The quantitative estimate of drug-likeness (QED) is 0.394. The summed E-state index contributed by atoms with van der Waals surface area (Å²) in [6, 6.07) is 20.3. The molecule has 0 aliphatic carbocycles. The van der Waals surface area contributed by atoms with Crippen molar-refractivity contribution in [1.29, 1.82) is 0 Å².